The third kappa shape index (κ3) is 3.75. The Bertz CT molecular complexity index is 673. The number of hydrogen-bond donors (Lipinski definition) is 2. The van der Waals surface area contributed by atoms with Crippen molar-refractivity contribution in [2.75, 3.05) is 5.32 Å². The van der Waals surface area contributed by atoms with E-state index in [1.165, 1.54) is 23.8 Å². The molecule has 0 aliphatic rings. The van der Waals surface area contributed by atoms with Crippen LogP contribution in [0.3, 0.4) is 0 Å². The number of aromatic hydroxyl groups is 1. The highest BCUT2D eigenvalue weighted by Gasteiger charge is 2.13. The topological polar surface area (TPSA) is 75.4 Å². The third-order valence-electron chi connectivity index (χ3n) is 3.51. The average molecular weight is 300 g/mol. The van der Waals surface area contributed by atoms with Gasteiger partial charge in [-0.25, -0.2) is 0 Å². The van der Waals surface area contributed by atoms with Gasteiger partial charge < -0.3 is 10.4 Å². The van der Waals surface area contributed by atoms with Gasteiger partial charge in [0, 0.05) is 29.9 Å². The Labute approximate surface area is 129 Å². The highest BCUT2D eigenvalue weighted by atomic mass is 16.6. The number of phenols is 1. The number of anilines is 1. The van der Waals surface area contributed by atoms with Crippen LogP contribution in [0.15, 0.2) is 42.5 Å². The van der Waals surface area contributed by atoms with E-state index in [0.29, 0.717) is 12.1 Å². The highest BCUT2D eigenvalue weighted by Crippen LogP contribution is 2.26. The molecule has 0 amide bonds. The van der Waals surface area contributed by atoms with Crippen LogP contribution in [-0.2, 0) is 12.0 Å². The molecule has 2 rings (SSSR count). The summed E-state index contributed by atoms with van der Waals surface area (Å²) in [6, 6.07) is 12.1. The SMILES string of the molecule is CC(C)(C)c1ccc(NCc2cc([N+](=O)[O-])ccc2O)cc1. The van der Waals surface area contributed by atoms with Gasteiger partial charge >= 0.3 is 0 Å². The van der Waals surface area contributed by atoms with Crippen LogP contribution in [0, 0.1) is 10.1 Å². The van der Waals surface area contributed by atoms with Crippen LogP contribution in [0.4, 0.5) is 11.4 Å². The number of phenolic OH excluding ortho intramolecular Hbond substituents is 1. The first kappa shape index (κ1) is 15.8. The lowest BCUT2D eigenvalue weighted by Gasteiger charge is -2.19. The number of nitro benzene ring substituents is 1. The van der Waals surface area contributed by atoms with Crippen molar-refractivity contribution in [1.29, 1.82) is 0 Å². The molecule has 0 saturated heterocycles. The van der Waals surface area contributed by atoms with Gasteiger partial charge in [0.05, 0.1) is 4.92 Å². The molecule has 2 aromatic carbocycles. The van der Waals surface area contributed by atoms with E-state index in [1.807, 2.05) is 12.1 Å². The molecular weight excluding hydrogens is 280 g/mol. The first-order valence-corrected chi connectivity index (χ1v) is 7.08. The Morgan fingerprint density at radius 1 is 1.14 bits per heavy atom. The molecule has 0 unspecified atom stereocenters. The predicted molar refractivity (Wildman–Crippen MR) is 87.2 cm³/mol. The van der Waals surface area contributed by atoms with E-state index in [4.69, 9.17) is 0 Å². The molecule has 2 aromatic rings. The number of non-ortho nitro benzene ring substituents is 1. The first-order valence-electron chi connectivity index (χ1n) is 7.08. The summed E-state index contributed by atoms with van der Waals surface area (Å²) in [6.45, 7) is 6.77. The van der Waals surface area contributed by atoms with E-state index in [0.717, 1.165) is 5.69 Å². The summed E-state index contributed by atoms with van der Waals surface area (Å²) < 4.78 is 0. The second-order valence-electron chi connectivity index (χ2n) is 6.25. The van der Waals surface area contributed by atoms with Crippen molar-refractivity contribution >= 4 is 11.4 Å². The minimum absolute atomic E-state index is 0.0299. The van der Waals surface area contributed by atoms with Crippen LogP contribution in [0.25, 0.3) is 0 Å². The second kappa shape index (κ2) is 6.05. The van der Waals surface area contributed by atoms with Crippen LogP contribution in [0.2, 0.25) is 0 Å². The molecule has 0 radical (unpaired) electrons. The van der Waals surface area contributed by atoms with Crippen LogP contribution < -0.4 is 5.32 Å². The molecule has 0 aliphatic heterocycles. The van der Waals surface area contributed by atoms with E-state index in [-0.39, 0.29) is 16.9 Å². The maximum atomic E-state index is 10.8. The summed E-state index contributed by atoms with van der Waals surface area (Å²) >= 11 is 0. The minimum atomic E-state index is -0.471. The fraction of sp³-hybridized carbons (Fsp3) is 0.294. The van der Waals surface area contributed by atoms with Crippen LogP contribution >= 0.6 is 0 Å². The standard InChI is InChI=1S/C17H20N2O3/c1-17(2,3)13-4-6-14(7-5-13)18-11-12-10-15(19(21)22)8-9-16(12)20/h4-10,18,20H,11H2,1-3H3. The number of benzene rings is 2. The summed E-state index contributed by atoms with van der Waals surface area (Å²) in [4.78, 5) is 10.3. The zero-order valence-corrected chi connectivity index (χ0v) is 13.0. The molecule has 0 spiro atoms. The summed E-state index contributed by atoms with van der Waals surface area (Å²) in [5.41, 5.74) is 2.69. The van der Waals surface area contributed by atoms with Gasteiger partial charge in [0.15, 0.2) is 0 Å². The Hall–Kier alpha value is -2.56. The molecule has 0 heterocycles. The molecule has 0 aliphatic carbocycles. The van der Waals surface area contributed by atoms with Crippen molar-refractivity contribution in [2.24, 2.45) is 0 Å². The van der Waals surface area contributed by atoms with Gasteiger partial charge in [-0.05, 0) is 29.2 Å². The number of rotatable bonds is 4. The van der Waals surface area contributed by atoms with E-state index in [1.54, 1.807) is 0 Å². The number of hydrogen-bond acceptors (Lipinski definition) is 4. The zero-order chi connectivity index (χ0) is 16.3. The predicted octanol–water partition coefficient (Wildman–Crippen LogP) is 4.21. The lowest BCUT2D eigenvalue weighted by atomic mass is 9.87. The average Bonchev–Trinajstić information content (AvgIpc) is 2.45. The normalized spacial score (nSPS) is 11.2. The zero-order valence-electron chi connectivity index (χ0n) is 13.0. The fourth-order valence-corrected chi connectivity index (χ4v) is 2.11. The van der Waals surface area contributed by atoms with Crippen molar-refractivity contribution in [2.45, 2.75) is 32.7 Å². The summed E-state index contributed by atoms with van der Waals surface area (Å²) in [6.07, 6.45) is 0. The van der Waals surface area contributed by atoms with Crippen molar-refractivity contribution in [1.82, 2.24) is 0 Å². The quantitative estimate of drug-likeness (QED) is 0.655. The Morgan fingerprint density at radius 2 is 1.77 bits per heavy atom. The van der Waals surface area contributed by atoms with E-state index >= 15 is 0 Å². The summed E-state index contributed by atoms with van der Waals surface area (Å²) in [5, 5.41) is 23.7. The Balaban J connectivity index is 2.10. The van der Waals surface area contributed by atoms with Crippen molar-refractivity contribution in [3.05, 3.63) is 63.7 Å². The molecule has 0 saturated carbocycles. The van der Waals surface area contributed by atoms with E-state index in [2.05, 4.69) is 38.2 Å². The molecule has 0 bridgehead atoms. The molecule has 5 nitrogen and oxygen atoms in total. The van der Waals surface area contributed by atoms with E-state index < -0.39 is 4.92 Å². The largest absolute Gasteiger partial charge is 0.508 e. The third-order valence-corrected chi connectivity index (χ3v) is 3.51. The van der Waals surface area contributed by atoms with Gasteiger partial charge in [-0.1, -0.05) is 32.9 Å². The Kier molecular flexibility index (Phi) is 4.35. The van der Waals surface area contributed by atoms with Crippen molar-refractivity contribution in [3.63, 3.8) is 0 Å². The molecule has 116 valence electrons. The maximum Gasteiger partial charge on any atom is 0.270 e. The smallest absolute Gasteiger partial charge is 0.270 e. The van der Waals surface area contributed by atoms with Gasteiger partial charge in [-0.3, -0.25) is 10.1 Å². The van der Waals surface area contributed by atoms with Gasteiger partial charge in [-0.2, -0.15) is 0 Å². The molecule has 2 N–H and O–H groups in total. The fourth-order valence-electron chi connectivity index (χ4n) is 2.11. The minimum Gasteiger partial charge on any atom is -0.508 e. The summed E-state index contributed by atoms with van der Waals surface area (Å²) in [5.74, 6) is 0.0458. The maximum absolute atomic E-state index is 10.8. The lowest BCUT2D eigenvalue weighted by Crippen LogP contribution is -2.10. The second-order valence-corrected chi connectivity index (χ2v) is 6.25. The highest BCUT2D eigenvalue weighted by molar-refractivity contribution is 5.49. The van der Waals surface area contributed by atoms with Crippen LogP contribution in [0.5, 0.6) is 5.75 Å². The van der Waals surface area contributed by atoms with Gasteiger partial charge in [0.2, 0.25) is 0 Å². The van der Waals surface area contributed by atoms with Crippen molar-refractivity contribution < 1.29 is 10.0 Å². The molecular formula is C17H20N2O3. The van der Waals surface area contributed by atoms with Crippen LogP contribution in [0.1, 0.15) is 31.9 Å². The van der Waals surface area contributed by atoms with Crippen molar-refractivity contribution in [3.8, 4) is 5.75 Å². The van der Waals surface area contributed by atoms with Gasteiger partial charge in [-0.15, -0.1) is 0 Å². The summed E-state index contributed by atoms with van der Waals surface area (Å²) in [7, 11) is 0. The molecule has 0 aromatic heterocycles. The lowest BCUT2D eigenvalue weighted by molar-refractivity contribution is -0.384. The molecule has 5 heteroatoms. The van der Waals surface area contributed by atoms with Gasteiger partial charge in [0.25, 0.3) is 5.69 Å². The monoisotopic (exact) mass is 300 g/mol. The Morgan fingerprint density at radius 3 is 2.32 bits per heavy atom. The number of nitrogens with zero attached hydrogens (tertiary/aromatic N) is 1. The molecule has 22 heavy (non-hydrogen) atoms. The first-order chi connectivity index (χ1) is 10.3. The molecule has 0 fully saturated rings. The number of nitro groups is 1. The van der Waals surface area contributed by atoms with Gasteiger partial charge in [0.1, 0.15) is 5.75 Å². The van der Waals surface area contributed by atoms with E-state index in [9.17, 15) is 15.2 Å². The van der Waals surface area contributed by atoms with Crippen LogP contribution in [-0.4, -0.2) is 10.0 Å². The number of nitrogens with one attached hydrogen (secondary N) is 1. The molecule has 0 atom stereocenters.